The molecule has 0 aromatic heterocycles. The Hall–Kier alpha value is 0.690. The molecule has 21 heavy (non-hydrogen) atoms. The van der Waals surface area contributed by atoms with Crippen molar-refractivity contribution in [2.45, 2.75) is 54.3 Å². The van der Waals surface area contributed by atoms with Gasteiger partial charge in [0.1, 0.15) is 0 Å². The second-order valence-corrected chi connectivity index (χ2v) is 12.5. The molecule has 0 radical (unpaired) electrons. The summed E-state index contributed by atoms with van der Waals surface area (Å²) in [6, 6.07) is 0.0406. The lowest BCUT2D eigenvalue weighted by molar-refractivity contribution is -0.183. The quantitative estimate of drug-likeness (QED) is 0.407. The van der Waals surface area contributed by atoms with E-state index < -0.39 is 0 Å². The van der Waals surface area contributed by atoms with Crippen molar-refractivity contribution in [2.75, 3.05) is 7.05 Å². The second-order valence-electron chi connectivity index (χ2n) is 7.00. The molecule has 2 fully saturated rings. The summed E-state index contributed by atoms with van der Waals surface area (Å²) >= 11 is 4.75. The Bertz CT molecular complexity index is 418. The summed E-state index contributed by atoms with van der Waals surface area (Å²) in [5.41, 5.74) is -0.0156. The normalized spacial score (nSPS) is 45.6. The Kier molecular flexibility index (Phi) is 5.41. The van der Waals surface area contributed by atoms with E-state index in [0.717, 1.165) is 6.42 Å². The number of rotatable bonds is 1. The number of halogens is 2. The molecular formula is C15H26I2N2O2. The molecule has 6 unspecified atom stereocenters. The van der Waals surface area contributed by atoms with Crippen molar-refractivity contribution in [3.05, 3.63) is 0 Å². The standard InChI is InChI=1S/C15H26I2N2O2/c1-8-6-9(2)14(4)11(19-13(20)18-5)7-15(16,17)21-12(14)10(8)3/h8-12H,6-7H2,1-5H3,(H2,18,19,20). The molecule has 2 N–H and O–H groups in total. The minimum Gasteiger partial charge on any atom is -0.351 e. The molecule has 0 spiro atoms. The number of carbonyl (C=O) groups is 1. The van der Waals surface area contributed by atoms with E-state index in [1.54, 1.807) is 7.05 Å². The average Bonchev–Trinajstić information content (AvgIpc) is 2.39. The molecule has 2 rings (SSSR count). The highest BCUT2D eigenvalue weighted by Crippen LogP contribution is 2.57. The first-order chi connectivity index (χ1) is 9.61. The van der Waals surface area contributed by atoms with Gasteiger partial charge >= 0.3 is 6.03 Å². The molecule has 2 aliphatic rings. The lowest BCUT2D eigenvalue weighted by atomic mass is 9.55. The molecule has 122 valence electrons. The summed E-state index contributed by atoms with van der Waals surface area (Å²) in [4.78, 5) is 11.9. The maximum absolute atomic E-state index is 11.9. The van der Waals surface area contributed by atoms with E-state index in [2.05, 4.69) is 83.5 Å². The van der Waals surface area contributed by atoms with Gasteiger partial charge in [-0.2, -0.15) is 0 Å². The van der Waals surface area contributed by atoms with Crippen LogP contribution in [0.2, 0.25) is 0 Å². The fourth-order valence-corrected chi connectivity index (χ4v) is 5.50. The number of hydrogen-bond acceptors (Lipinski definition) is 2. The Morgan fingerprint density at radius 2 is 1.90 bits per heavy atom. The van der Waals surface area contributed by atoms with Gasteiger partial charge in [-0.25, -0.2) is 4.79 Å². The number of ether oxygens (including phenoxy) is 1. The molecule has 2 amide bonds. The fraction of sp³-hybridized carbons (Fsp3) is 0.933. The van der Waals surface area contributed by atoms with E-state index in [9.17, 15) is 4.79 Å². The van der Waals surface area contributed by atoms with Crippen LogP contribution in [0.5, 0.6) is 0 Å². The van der Waals surface area contributed by atoms with E-state index in [4.69, 9.17) is 4.74 Å². The summed E-state index contributed by atoms with van der Waals surface area (Å²) < 4.78 is 6.23. The van der Waals surface area contributed by atoms with Crippen LogP contribution in [0.25, 0.3) is 0 Å². The van der Waals surface area contributed by atoms with Crippen LogP contribution in [0.4, 0.5) is 4.79 Å². The number of nitrogens with one attached hydrogen (secondary N) is 2. The molecular weight excluding hydrogens is 494 g/mol. The third-order valence-electron chi connectivity index (χ3n) is 5.80. The lowest BCUT2D eigenvalue weighted by Crippen LogP contribution is -2.66. The maximum Gasteiger partial charge on any atom is 0.314 e. The first kappa shape index (κ1) is 18.0. The minimum atomic E-state index is -0.254. The predicted octanol–water partition coefficient (Wildman–Crippen LogP) is 3.92. The molecule has 1 saturated heterocycles. The maximum atomic E-state index is 11.9. The SMILES string of the molecule is CNC(=O)NC1CC(I)(I)OC2C(C)C(C)CC(C)C12C. The molecule has 6 heteroatoms. The molecule has 1 aliphatic carbocycles. The third-order valence-corrected chi connectivity index (χ3v) is 7.19. The molecule has 4 nitrogen and oxygen atoms in total. The fourth-order valence-electron chi connectivity index (χ4n) is 4.08. The van der Waals surface area contributed by atoms with Crippen LogP contribution >= 0.6 is 45.2 Å². The van der Waals surface area contributed by atoms with Crippen molar-refractivity contribution in [1.29, 1.82) is 0 Å². The summed E-state index contributed by atoms with van der Waals surface area (Å²) in [6.45, 7) is 9.23. The number of urea groups is 1. The van der Waals surface area contributed by atoms with Crippen LogP contribution in [-0.2, 0) is 4.74 Å². The zero-order valence-electron chi connectivity index (χ0n) is 13.4. The highest BCUT2D eigenvalue weighted by Gasteiger charge is 2.59. The Labute approximate surface area is 155 Å². The van der Waals surface area contributed by atoms with Gasteiger partial charge in [0.05, 0.1) is 6.10 Å². The highest BCUT2D eigenvalue weighted by molar-refractivity contribution is 14.2. The Morgan fingerprint density at radius 3 is 2.48 bits per heavy atom. The van der Waals surface area contributed by atoms with Gasteiger partial charge in [-0.05, 0) is 69.4 Å². The molecule has 1 saturated carbocycles. The van der Waals surface area contributed by atoms with E-state index in [0.29, 0.717) is 17.8 Å². The van der Waals surface area contributed by atoms with Crippen LogP contribution in [0.15, 0.2) is 0 Å². The van der Waals surface area contributed by atoms with Crippen molar-refractivity contribution < 1.29 is 9.53 Å². The smallest absolute Gasteiger partial charge is 0.314 e. The second kappa shape index (κ2) is 6.30. The molecule has 1 aliphatic heterocycles. The van der Waals surface area contributed by atoms with Gasteiger partial charge in [-0.1, -0.05) is 27.7 Å². The highest BCUT2D eigenvalue weighted by atomic mass is 127. The molecule has 0 aromatic carbocycles. The van der Waals surface area contributed by atoms with E-state index in [1.807, 2.05) is 0 Å². The molecule has 6 atom stereocenters. The van der Waals surface area contributed by atoms with E-state index in [-0.39, 0.29) is 25.2 Å². The average molecular weight is 520 g/mol. The van der Waals surface area contributed by atoms with Crippen LogP contribution in [0, 0.1) is 23.2 Å². The van der Waals surface area contributed by atoms with Crippen LogP contribution in [0.3, 0.4) is 0 Å². The van der Waals surface area contributed by atoms with Crippen molar-refractivity contribution >= 4 is 51.2 Å². The number of carbonyl (C=O) groups excluding carboxylic acids is 1. The van der Waals surface area contributed by atoms with Crippen molar-refractivity contribution in [3.63, 3.8) is 0 Å². The van der Waals surface area contributed by atoms with Gasteiger partial charge in [-0.3, -0.25) is 0 Å². The van der Waals surface area contributed by atoms with Gasteiger partial charge in [0.2, 0.25) is 0 Å². The Morgan fingerprint density at radius 1 is 1.29 bits per heavy atom. The van der Waals surface area contributed by atoms with Crippen LogP contribution in [0.1, 0.15) is 40.5 Å². The zero-order chi connectivity index (χ0) is 16.0. The van der Waals surface area contributed by atoms with Gasteiger partial charge in [0.15, 0.2) is 1.61 Å². The van der Waals surface area contributed by atoms with Gasteiger partial charge < -0.3 is 15.4 Å². The van der Waals surface area contributed by atoms with Gasteiger partial charge in [0, 0.05) is 24.9 Å². The summed E-state index contributed by atoms with van der Waals surface area (Å²) in [7, 11) is 1.67. The molecule has 1 heterocycles. The van der Waals surface area contributed by atoms with Crippen molar-refractivity contribution in [2.24, 2.45) is 23.2 Å². The van der Waals surface area contributed by atoms with Gasteiger partial charge in [-0.15, -0.1) is 0 Å². The summed E-state index contributed by atoms with van der Waals surface area (Å²) in [5, 5.41) is 5.88. The topological polar surface area (TPSA) is 50.4 Å². The van der Waals surface area contributed by atoms with E-state index >= 15 is 0 Å². The Balaban J connectivity index is 2.36. The first-order valence-corrected chi connectivity index (χ1v) is 9.81. The predicted molar refractivity (Wildman–Crippen MR) is 102 cm³/mol. The largest absolute Gasteiger partial charge is 0.351 e. The number of hydrogen-bond donors (Lipinski definition) is 2. The number of alkyl halides is 2. The minimum absolute atomic E-state index is 0.0156. The molecule has 0 aromatic rings. The van der Waals surface area contributed by atoms with Crippen LogP contribution < -0.4 is 10.6 Å². The van der Waals surface area contributed by atoms with Crippen molar-refractivity contribution in [1.82, 2.24) is 10.6 Å². The number of fused-ring (bicyclic) bond motifs is 1. The number of amides is 2. The first-order valence-electron chi connectivity index (χ1n) is 7.65. The third kappa shape index (κ3) is 3.32. The summed E-state index contributed by atoms with van der Waals surface area (Å²) in [6.07, 6.45) is 2.21. The van der Waals surface area contributed by atoms with Gasteiger partial charge in [0.25, 0.3) is 0 Å². The van der Waals surface area contributed by atoms with Crippen molar-refractivity contribution in [3.8, 4) is 0 Å². The van der Waals surface area contributed by atoms with Crippen LogP contribution in [-0.4, -0.2) is 26.8 Å². The summed E-state index contributed by atoms with van der Waals surface area (Å²) in [5.74, 6) is 1.68. The lowest BCUT2D eigenvalue weighted by Gasteiger charge is -2.59. The molecule has 0 bridgehead atoms. The monoisotopic (exact) mass is 520 g/mol. The zero-order valence-corrected chi connectivity index (χ0v) is 17.7. The van der Waals surface area contributed by atoms with E-state index in [1.165, 1.54) is 6.42 Å².